The average molecular weight is 1840 g/mol. The molecule has 0 aliphatic carbocycles. The number of nitrogens with zero attached hydrogens (tertiary/aromatic N) is 12. The molecule has 0 aromatic heterocycles. The van der Waals surface area contributed by atoms with Crippen LogP contribution in [0.25, 0.3) is 0 Å². The van der Waals surface area contributed by atoms with E-state index in [9.17, 15) is 4.79 Å². The van der Waals surface area contributed by atoms with Crippen LogP contribution in [0.2, 0.25) is 0 Å². The van der Waals surface area contributed by atoms with Gasteiger partial charge in [-0.05, 0) is 233 Å². The van der Waals surface area contributed by atoms with Crippen molar-refractivity contribution in [3.63, 3.8) is 0 Å². The fourth-order valence-corrected chi connectivity index (χ4v) is 13.0. The predicted molar refractivity (Wildman–Crippen MR) is 520 cm³/mol. The Balaban J connectivity index is 0.000000149. The van der Waals surface area contributed by atoms with Crippen molar-refractivity contribution in [1.29, 1.82) is 0 Å². The predicted octanol–water partition coefficient (Wildman–Crippen LogP) is 24.8. The number of fused-ring (bicyclic) bond motifs is 16. The number of aryl methyl sites for hydroxylation is 4. The second-order valence-corrected chi connectivity index (χ2v) is 32.4. The highest BCUT2D eigenvalue weighted by Crippen LogP contribution is 2.41. The van der Waals surface area contributed by atoms with Crippen LogP contribution in [-0.2, 0) is 78.6 Å². The van der Waals surface area contributed by atoms with Crippen LogP contribution in [0.4, 0.5) is 56.9 Å². The molecule has 0 N–H and O–H groups in total. The van der Waals surface area contributed by atoms with Gasteiger partial charge >= 0.3 is 12.1 Å². The molecule has 12 aromatic carbocycles. The minimum absolute atomic E-state index is 0.0295. The van der Waals surface area contributed by atoms with E-state index in [4.69, 9.17) is 80.6 Å². The van der Waals surface area contributed by atoms with E-state index in [2.05, 4.69) is 170 Å². The summed E-state index contributed by atoms with van der Waals surface area (Å²) in [5.74, 6) is 6.84. The fourth-order valence-electron chi connectivity index (χ4n) is 13.0. The third-order valence-corrected chi connectivity index (χ3v) is 20.3. The molecule has 30 heteroatoms. The minimum Gasteiger partial charge on any atom is -0.497 e. The Morgan fingerprint density at radius 2 is 0.672 bits per heavy atom. The SMILES string of the molecule is C1=NCOCOCOCN=1.C1=Nc2cccc(c2)OCc2cccc(c2)COc2cccc(c2)N=1.CC(C)(C)c1ccc2c(c1)N=C=Nc1cc(C(C)(C)C)ccc1OCO2.CCc1ccc2c(c1)N=C=Nc1cc(CC)ccc1OCO2.COC(=O)c1ccc2c(c1)N=C=Nc1cc(C)ccc1OCc1cccc(c1)CO2.COc1ccc2c(c1)N=C=Nc1cc(C)ccc1OCO2.O=C=O. The lowest BCUT2D eigenvalue weighted by molar-refractivity contribution is -0.191. The molecule has 0 unspecified atom stereocenters. The van der Waals surface area contributed by atoms with Crippen LogP contribution < -0.4 is 52.1 Å². The maximum absolute atomic E-state index is 11.9. The number of benzene rings is 12. The lowest BCUT2D eigenvalue weighted by Crippen LogP contribution is -2.12. The molecule has 12 aromatic rings. The quantitative estimate of drug-likeness (QED) is 0.148. The van der Waals surface area contributed by atoms with Gasteiger partial charge in [0.1, 0.15) is 159 Å². The van der Waals surface area contributed by atoms with E-state index in [-0.39, 0.29) is 64.4 Å². The number of methoxy groups -OCH3 is 2. The number of ether oxygens (including phenoxy) is 15. The summed E-state index contributed by atoms with van der Waals surface area (Å²) >= 11 is 0. The molecular weight excluding hydrogens is 1740 g/mol. The van der Waals surface area contributed by atoms with Gasteiger partial charge in [0.25, 0.3) is 0 Å². The van der Waals surface area contributed by atoms with Gasteiger partial charge < -0.3 is 71.1 Å². The maximum atomic E-state index is 11.9. The van der Waals surface area contributed by atoms with E-state index in [0.29, 0.717) is 118 Å². The zero-order chi connectivity index (χ0) is 96.6. The van der Waals surface area contributed by atoms with Gasteiger partial charge in [0.15, 0.2) is 32.8 Å². The molecule has 0 fully saturated rings. The van der Waals surface area contributed by atoms with Crippen LogP contribution in [0.15, 0.2) is 303 Å². The number of aliphatic imine (C=N–C) groups is 12. The first-order valence-corrected chi connectivity index (χ1v) is 43.5. The van der Waals surface area contributed by atoms with Crippen molar-refractivity contribution in [2.24, 2.45) is 59.9 Å². The Hall–Kier alpha value is -16.6. The molecule has 8 bridgehead atoms. The third kappa shape index (κ3) is 31.3. The Kier molecular flexibility index (Phi) is 37.0. The standard InChI is InChI=1S/C24H20N2O4.C22H26N2O2.C21H16N2O2.C18H18N2O2.C16H14N2O3.C5H8N2O3.CO2/c1-16-6-8-22-20(10-16)25-15-26-21-12-19(24(27)28-2)7-9-23(21)30-14-18-5-3-4-17(11-18)13-29-22;1-21(2,3)15-7-9-19-17(11-15)23-13-24-18-12-16(22(4,5)6)8-10-20(18)26-14-25-19;1-4-16-10-17(5-1)14-25-21-9-3-7-19(12-21)23-15-22-18-6-2-8-20(11-18)24-13-16;1-3-13-5-7-17-15(9-13)19-11-20-16-10-14(4-2)6-8-18(16)22-12-21-17;1-11-3-5-15-13(7-11)17-9-18-14-8-12(19-2)4-6-16(14)21-10-20-15;1-6-2-8-4-10-5-9-3-7-1;2-1-3/h3-12H,13-14H2,1-2H3;7-12H,14H2,1-6H3;1-12H,13-14H2;5-10H,3-4,12H2,1-2H3;3-8H,10H2,1-2H3;2-5H2;. The van der Waals surface area contributed by atoms with E-state index >= 15 is 0 Å². The molecule has 0 saturated heterocycles. The maximum Gasteiger partial charge on any atom is 0.373 e. The Labute approximate surface area is 794 Å². The third-order valence-electron chi connectivity index (χ3n) is 20.3. The van der Waals surface area contributed by atoms with Crippen molar-refractivity contribution < 1.29 is 85.4 Å². The van der Waals surface area contributed by atoms with Gasteiger partial charge in [0.2, 0.25) is 20.4 Å². The Bertz CT molecular complexity index is 6460. The van der Waals surface area contributed by atoms with Crippen molar-refractivity contribution in [2.75, 3.05) is 61.6 Å². The van der Waals surface area contributed by atoms with Crippen molar-refractivity contribution >= 4 is 105 Å². The van der Waals surface area contributed by atoms with Crippen LogP contribution in [0.1, 0.15) is 121 Å². The topological polar surface area (TPSA) is 338 Å². The summed E-state index contributed by atoms with van der Waals surface area (Å²) in [6.45, 7) is 24.1. The first-order chi connectivity index (χ1) is 66.6. The summed E-state index contributed by atoms with van der Waals surface area (Å²) in [6, 6.07) is 93.1. The van der Waals surface area contributed by atoms with Crippen LogP contribution in [0, 0.1) is 13.8 Å². The monoisotopic (exact) mass is 1840 g/mol. The molecule has 18 rings (SSSR count). The highest BCUT2D eigenvalue weighted by atomic mass is 16.7. The van der Waals surface area contributed by atoms with Crippen LogP contribution in [0.3, 0.4) is 0 Å². The molecule has 698 valence electrons. The second kappa shape index (κ2) is 50.9. The number of carbonyl (C=O) groups excluding carboxylic acids is 3. The molecule has 0 amide bonds. The number of hydrogen-bond acceptors (Lipinski definition) is 30. The minimum atomic E-state index is -0.452. The average Bonchev–Trinajstić information content (AvgIpc) is 0.927. The summed E-state index contributed by atoms with van der Waals surface area (Å²) in [4.78, 5) is 78.5. The number of hydrogen-bond donors (Lipinski definition) is 0. The van der Waals surface area contributed by atoms with Gasteiger partial charge in [0, 0.05) is 18.2 Å². The molecular formula is C107H102N12O18. The zero-order valence-electron chi connectivity index (χ0n) is 78.0. The zero-order valence-corrected chi connectivity index (χ0v) is 78.0. The van der Waals surface area contributed by atoms with Crippen LogP contribution in [-0.4, -0.2) is 110 Å². The number of carbonyl (C=O) groups is 1. The van der Waals surface area contributed by atoms with E-state index in [1.54, 1.807) is 43.5 Å². The van der Waals surface area contributed by atoms with Crippen molar-refractivity contribution in [3.05, 3.63) is 304 Å². The van der Waals surface area contributed by atoms with Gasteiger partial charge in [0.05, 0.1) is 37.2 Å². The molecule has 6 aliphatic heterocycles. The number of esters is 1. The largest absolute Gasteiger partial charge is 0.497 e. The van der Waals surface area contributed by atoms with Gasteiger partial charge in [-0.25, -0.2) is 4.79 Å². The molecule has 6 aliphatic rings. The smallest absolute Gasteiger partial charge is 0.373 e. The van der Waals surface area contributed by atoms with Crippen molar-refractivity contribution in [3.8, 4) is 63.2 Å². The molecule has 6 heterocycles. The molecule has 137 heavy (non-hydrogen) atoms. The van der Waals surface area contributed by atoms with Crippen LogP contribution >= 0.6 is 0 Å². The highest BCUT2D eigenvalue weighted by molar-refractivity contribution is 5.91. The van der Waals surface area contributed by atoms with E-state index < -0.39 is 5.97 Å². The van der Waals surface area contributed by atoms with E-state index in [1.807, 2.05) is 202 Å². The lowest BCUT2D eigenvalue weighted by atomic mass is 9.87. The normalized spacial score (nSPS) is 13.4. The molecule has 0 saturated carbocycles. The summed E-state index contributed by atoms with van der Waals surface area (Å²) in [5.41, 5.74) is 18.2. The fraction of sp³-hybridized carbons (Fsp3) is 0.252. The van der Waals surface area contributed by atoms with Crippen molar-refractivity contribution in [1.82, 2.24) is 0 Å². The summed E-state index contributed by atoms with van der Waals surface area (Å²) in [6.07, 6.45) is 2.14. The highest BCUT2D eigenvalue weighted by Gasteiger charge is 2.21. The van der Waals surface area contributed by atoms with Gasteiger partial charge in [-0.15, -0.1) is 0 Å². The lowest BCUT2D eigenvalue weighted by Gasteiger charge is -2.21. The summed E-state index contributed by atoms with van der Waals surface area (Å²) in [5, 5.41) is 0. The van der Waals surface area contributed by atoms with Crippen LogP contribution in [0.5, 0.6) is 63.2 Å². The summed E-state index contributed by atoms with van der Waals surface area (Å²) in [7, 11) is 2.94. The second-order valence-electron chi connectivity index (χ2n) is 32.4. The Morgan fingerprint density at radius 3 is 1.07 bits per heavy atom. The number of rotatable bonds is 4. The van der Waals surface area contributed by atoms with Crippen molar-refractivity contribution in [2.45, 2.75) is 119 Å². The summed E-state index contributed by atoms with van der Waals surface area (Å²) < 4.78 is 82.2. The van der Waals surface area contributed by atoms with Gasteiger partial charge in [-0.3, -0.25) is 0 Å². The van der Waals surface area contributed by atoms with Gasteiger partial charge in [-0.2, -0.15) is 69.5 Å². The molecule has 0 radical (unpaired) electrons. The molecule has 0 spiro atoms. The molecule has 30 nitrogen and oxygen atoms in total. The van der Waals surface area contributed by atoms with E-state index in [0.717, 1.165) is 80.5 Å². The Morgan fingerprint density at radius 1 is 0.336 bits per heavy atom. The van der Waals surface area contributed by atoms with E-state index in [1.165, 1.54) is 29.4 Å². The van der Waals surface area contributed by atoms with Gasteiger partial charge in [-0.1, -0.05) is 140 Å². The first kappa shape index (κ1) is 99.5. The first-order valence-electron chi connectivity index (χ1n) is 43.5. The molecule has 0 atom stereocenters.